The Hall–Kier alpha value is -0.620. The van der Waals surface area contributed by atoms with Gasteiger partial charge in [0.2, 0.25) is 15.9 Å². The maximum absolute atomic E-state index is 11.7. The lowest BCUT2D eigenvalue weighted by atomic mass is 10.4. The summed E-state index contributed by atoms with van der Waals surface area (Å²) in [6.07, 6.45) is 2.70. The van der Waals surface area contributed by atoms with Crippen LogP contribution in [0.5, 0.6) is 0 Å². The van der Waals surface area contributed by atoms with E-state index in [1.54, 1.807) is 0 Å². The van der Waals surface area contributed by atoms with Gasteiger partial charge >= 0.3 is 0 Å². The van der Waals surface area contributed by atoms with Gasteiger partial charge in [0.15, 0.2) is 5.96 Å². The molecule has 0 radical (unpaired) electrons. The Labute approximate surface area is 161 Å². The molecule has 1 aliphatic heterocycles. The minimum Gasteiger partial charge on any atom is -0.357 e. The molecule has 0 bridgehead atoms. The number of rotatable bonds is 8. The SMILES string of the molecule is CCNC(=NCCN1CCCS1(=O)=O)NCCNC(=O)C1CC1.I. The number of aliphatic imine (C=N–C) groups is 1. The van der Waals surface area contributed by atoms with Crippen molar-refractivity contribution in [2.75, 3.05) is 45.0 Å². The molecule has 2 aliphatic rings. The summed E-state index contributed by atoms with van der Waals surface area (Å²) in [5, 5.41) is 9.13. The van der Waals surface area contributed by atoms with Crippen molar-refractivity contribution in [1.82, 2.24) is 20.3 Å². The predicted octanol–water partition coefficient (Wildman–Crippen LogP) is -0.279. The first-order valence-electron chi connectivity index (χ1n) is 8.30. The largest absolute Gasteiger partial charge is 0.357 e. The molecule has 1 heterocycles. The summed E-state index contributed by atoms with van der Waals surface area (Å²) < 4.78 is 24.9. The second-order valence-corrected chi connectivity index (χ2v) is 7.91. The highest BCUT2D eigenvalue weighted by molar-refractivity contribution is 14.0. The zero-order valence-electron chi connectivity index (χ0n) is 14.1. The summed E-state index contributed by atoms with van der Waals surface area (Å²) in [5.74, 6) is 1.24. The lowest BCUT2D eigenvalue weighted by molar-refractivity contribution is -0.122. The number of hydrogen-bond acceptors (Lipinski definition) is 4. The Morgan fingerprint density at radius 3 is 2.50 bits per heavy atom. The van der Waals surface area contributed by atoms with Crippen molar-refractivity contribution >= 4 is 45.9 Å². The first kappa shape index (κ1) is 21.4. The van der Waals surface area contributed by atoms with Crippen LogP contribution in [0.3, 0.4) is 0 Å². The fraction of sp³-hybridized carbons (Fsp3) is 0.857. The van der Waals surface area contributed by atoms with Crippen molar-refractivity contribution in [2.45, 2.75) is 26.2 Å². The second-order valence-electron chi connectivity index (χ2n) is 5.82. The van der Waals surface area contributed by atoms with Gasteiger partial charge in [0.1, 0.15) is 0 Å². The van der Waals surface area contributed by atoms with Crippen LogP contribution < -0.4 is 16.0 Å². The molecule has 1 aliphatic carbocycles. The zero-order chi connectivity index (χ0) is 16.7. The van der Waals surface area contributed by atoms with E-state index >= 15 is 0 Å². The van der Waals surface area contributed by atoms with Crippen molar-refractivity contribution in [3.8, 4) is 0 Å². The van der Waals surface area contributed by atoms with Crippen LogP contribution in [0.1, 0.15) is 26.2 Å². The van der Waals surface area contributed by atoms with Crippen molar-refractivity contribution < 1.29 is 13.2 Å². The van der Waals surface area contributed by atoms with Crippen LogP contribution in [0.15, 0.2) is 4.99 Å². The molecule has 0 unspecified atom stereocenters. The molecule has 1 amide bonds. The van der Waals surface area contributed by atoms with Crippen molar-refractivity contribution in [1.29, 1.82) is 0 Å². The van der Waals surface area contributed by atoms with Crippen LogP contribution in [-0.4, -0.2) is 69.6 Å². The van der Waals surface area contributed by atoms with Crippen molar-refractivity contribution in [3.63, 3.8) is 0 Å². The molecule has 1 saturated carbocycles. The Balaban J connectivity index is 0.00000288. The van der Waals surface area contributed by atoms with Gasteiger partial charge < -0.3 is 16.0 Å². The smallest absolute Gasteiger partial charge is 0.223 e. The number of guanidine groups is 1. The Bertz CT molecular complexity index is 537. The maximum atomic E-state index is 11.7. The number of carbonyl (C=O) groups excluding carboxylic acids is 1. The third-order valence-corrected chi connectivity index (χ3v) is 5.79. The van der Waals surface area contributed by atoms with Crippen LogP contribution >= 0.6 is 24.0 Å². The number of nitrogens with one attached hydrogen (secondary N) is 3. The molecule has 0 atom stereocenters. The number of nitrogens with zero attached hydrogens (tertiary/aromatic N) is 2. The molecular weight excluding hydrogens is 445 g/mol. The van der Waals surface area contributed by atoms with E-state index in [0.29, 0.717) is 45.1 Å². The van der Waals surface area contributed by atoms with E-state index < -0.39 is 10.0 Å². The molecule has 2 rings (SSSR count). The molecule has 0 aromatic carbocycles. The molecule has 2 fully saturated rings. The van der Waals surface area contributed by atoms with Crippen LogP contribution in [0.25, 0.3) is 0 Å². The van der Waals surface area contributed by atoms with E-state index in [9.17, 15) is 13.2 Å². The molecular formula is C14H28IN5O3S. The van der Waals surface area contributed by atoms with Crippen LogP contribution in [0, 0.1) is 5.92 Å². The van der Waals surface area contributed by atoms with E-state index in [1.807, 2.05) is 6.92 Å². The Morgan fingerprint density at radius 2 is 1.92 bits per heavy atom. The number of hydrogen-bond donors (Lipinski definition) is 3. The quantitative estimate of drug-likeness (QED) is 0.195. The van der Waals surface area contributed by atoms with Gasteiger partial charge in [-0.2, -0.15) is 0 Å². The van der Waals surface area contributed by atoms with Gasteiger partial charge in [0.05, 0.1) is 12.3 Å². The van der Waals surface area contributed by atoms with Crippen LogP contribution in [-0.2, 0) is 14.8 Å². The fourth-order valence-corrected chi connectivity index (χ4v) is 3.93. The second kappa shape index (κ2) is 10.4. The first-order chi connectivity index (χ1) is 11.0. The van der Waals surface area contributed by atoms with E-state index in [2.05, 4.69) is 20.9 Å². The minimum atomic E-state index is -3.05. The van der Waals surface area contributed by atoms with Gasteiger partial charge in [-0.3, -0.25) is 9.79 Å². The number of amides is 1. The lowest BCUT2D eigenvalue weighted by Crippen LogP contribution is -2.42. The summed E-state index contributed by atoms with van der Waals surface area (Å²) in [5.41, 5.74) is 0. The number of halogens is 1. The zero-order valence-corrected chi connectivity index (χ0v) is 17.2. The van der Waals surface area contributed by atoms with Gasteiger partial charge in [-0.25, -0.2) is 12.7 Å². The minimum absolute atomic E-state index is 0. The summed E-state index contributed by atoms with van der Waals surface area (Å²) >= 11 is 0. The summed E-state index contributed by atoms with van der Waals surface area (Å²) in [6, 6.07) is 0. The Morgan fingerprint density at radius 1 is 1.21 bits per heavy atom. The van der Waals surface area contributed by atoms with E-state index in [4.69, 9.17) is 0 Å². The number of sulfonamides is 1. The topological polar surface area (TPSA) is 103 Å². The van der Waals surface area contributed by atoms with E-state index in [1.165, 1.54) is 4.31 Å². The highest BCUT2D eigenvalue weighted by Crippen LogP contribution is 2.28. The van der Waals surface area contributed by atoms with Gasteiger partial charge in [-0.05, 0) is 26.2 Å². The van der Waals surface area contributed by atoms with Gasteiger partial charge in [0, 0.05) is 38.6 Å². The van der Waals surface area contributed by atoms with Crippen LogP contribution in [0.4, 0.5) is 0 Å². The van der Waals surface area contributed by atoms with Gasteiger partial charge in [0.25, 0.3) is 0 Å². The predicted molar refractivity (Wildman–Crippen MR) is 105 cm³/mol. The third-order valence-electron chi connectivity index (χ3n) is 3.83. The van der Waals surface area contributed by atoms with Gasteiger partial charge in [-0.1, -0.05) is 0 Å². The summed E-state index contributed by atoms with van der Waals surface area (Å²) in [7, 11) is -3.05. The van der Waals surface area contributed by atoms with E-state index in [-0.39, 0.29) is 41.6 Å². The van der Waals surface area contributed by atoms with Gasteiger partial charge in [-0.15, -0.1) is 24.0 Å². The van der Waals surface area contributed by atoms with Crippen LogP contribution in [0.2, 0.25) is 0 Å². The summed E-state index contributed by atoms with van der Waals surface area (Å²) in [4.78, 5) is 15.9. The number of carbonyl (C=O) groups is 1. The average molecular weight is 473 g/mol. The highest BCUT2D eigenvalue weighted by Gasteiger charge is 2.29. The highest BCUT2D eigenvalue weighted by atomic mass is 127. The molecule has 8 nitrogen and oxygen atoms in total. The summed E-state index contributed by atoms with van der Waals surface area (Å²) in [6.45, 7) is 5.27. The molecule has 140 valence electrons. The molecule has 1 saturated heterocycles. The monoisotopic (exact) mass is 473 g/mol. The van der Waals surface area contributed by atoms with E-state index in [0.717, 1.165) is 19.4 Å². The maximum Gasteiger partial charge on any atom is 0.223 e. The lowest BCUT2D eigenvalue weighted by Gasteiger charge is -2.14. The average Bonchev–Trinajstić information content (AvgIpc) is 3.29. The first-order valence-corrected chi connectivity index (χ1v) is 9.91. The normalized spacial score (nSPS) is 20.3. The molecule has 3 N–H and O–H groups in total. The van der Waals surface area contributed by atoms with Crippen molar-refractivity contribution in [2.24, 2.45) is 10.9 Å². The molecule has 10 heteroatoms. The molecule has 24 heavy (non-hydrogen) atoms. The molecule has 0 aromatic rings. The third kappa shape index (κ3) is 7.09. The standard InChI is InChI=1S/C14H27N5O3S.HI/c1-2-15-14(17-7-6-16-13(20)12-4-5-12)18-8-10-19-9-3-11-23(19,21)22;/h12H,2-11H2,1H3,(H,16,20)(H2,15,17,18);1H. The fourth-order valence-electron chi connectivity index (χ4n) is 2.41. The van der Waals surface area contributed by atoms with Crippen molar-refractivity contribution in [3.05, 3.63) is 0 Å². The molecule has 0 aromatic heterocycles. The molecule has 0 spiro atoms. The Kier molecular flexibility index (Phi) is 9.27.